The van der Waals surface area contributed by atoms with Gasteiger partial charge in [-0.3, -0.25) is 4.79 Å². The molecular formula is C15H28N2O. The van der Waals surface area contributed by atoms with Gasteiger partial charge in [-0.2, -0.15) is 0 Å². The van der Waals surface area contributed by atoms with Crippen molar-refractivity contribution in [3.63, 3.8) is 0 Å². The zero-order valence-electron chi connectivity index (χ0n) is 12.2. The van der Waals surface area contributed by atoms with Crippen LogP contribution in [0.5, 0.6) is 0 Å². The topological polar surface area (TPSA) is 32.3 Å². The van der Waals surface area contributed by atoms with Gasteiger partial charge in [0.25, 0.3) is 0 Å². The van der Waals surface area contributed by atoms with Gasteiger partial charge in [-0.1, -0.05) is 27.2 Å². The Morgan fingerprint density at radius 3 is 2.61 bits per heavy atom. The fourth-order valence-electron chi connectivity index (χ4n) is 3.13. The molecule has 2 unspecified atom stereocenters. The Bertz CT molecular complexity index is 289. The van der Waals surface area contributed by atoms with E-state index in [2.05, 4.69) is 31.0 Å². The van der Waals surface area contributed by atoms with E-state index in [0.717, 1.165) is 19.6 Å². The van der Waals surface area contributed by atoms with Crippen molar-refractivity contribution in [2.75, 3.05) is 19.6 Å². The zero-order valence-corrected chi connectivity index (χ0v) is 12.2. The molecule has 0 bridgehead atoms. The highest BCUT2D eigenvalue weighted by Crippen LogP contribution is 2.33. The maximum absolute atomic E-state index is 12.3. The predicted molar refractivity (Wildman–Crippen MR) is 74.4 cm³/mol. The minimum atomic E-state index is 0.331. The smallest absolute Gasteiger partial charge is 0.224 e. The maximum Gasteiger partial charge on any atom is 0.224 e. The summed E-state index contributed by atoms with van der Waals surface area (Å²) in [5, 5.41) is 3.47. The molecule has 0 saturated carbocycles. The predicted octanol–water partition coefficient (Wildman–Crippen LogP) is 2.41. The number of amides is 1. The van der Waals surface area contributed by atoms with Gasteiger partial charge in [0.2, 0.25) is 5.91 Å². The Labute approximate surface area is 111 Å². The van der Waals surface area contributed by atoms with E-state index in [-0.39, 0.29) is 0 Å². The normalized spacial score (nSPS) is 29.6. The van der Waals surface area contributed by atoms with Gasteiger partial charge in [0.05, 0.1) is 0 Å². The van der Waals surface area contributed by atoms with Gasteiger partial charge in [0.1, 0.15) is 0 Å². The summed E-state index contributed by atoms with van der Waals surface area (Å²) >= 11 is 0. The number of carbonyl (C=O) groups is 1. The summed E-state index contributed by atoms with van der Waals surface area (Å²) in [7, 11) is 0. The highest BCUT2D eigenvalue weighted by molar-refractivity contribution is 5.77. The van der Waals surface area contributed by atoms with Crippen LogP contribution in [-0.2, 0) is 4.79 Å². The number of likely N-dealkylation sites (tertiary alicyclic amines) is 1. The molecule has 3 nitrogen and oxygen atoms in total. The average molecular weight is 252 g/mol. The number of hydrogen-bond acceptors (Lipinski definition) is 2. The van der Waals surface area contributed by atoms with Crippen LogP contribution < -0.4 is 5.32 Å². The molecule has 2 heterocycles. The monoisotopic (exact) mass is 252 g/mol. The molecule has 2 aliphatic heterocycles. The number of nitrogens with one attached hydrogen (secondary N) is 1. The molecule has 0 aromatic rings. The van der Waals surface area contributed by atoms with Crippen LogP contribution in [0.3, 0.4) is 0 Å². The molecule has 3 heteroatoms. The number of nitrogens with zero attached hydrogens (tertiary/aromatic N) is 1. The summed E-state index contributed by atoms with van der Waals surface area (Å²) in [6.45, 7) is 9.88. The van der Waals surface area contributed by atoms with Crippen molar-refractivity contribution in [1.29, 1.82) is 0 Å². The Morgan fingerprint density at radius 1 is 1.28 bits per heavy atom. The molecule has 2 aliphatic rings. The van der Waals surface area contributed by atoms with Gasteiger partial charge in [-0.15, -0.1) is 0 Å². The minimum absolute atomic E-state index is 0.331. The molecule has 2 saturated heterocycles. The Hall–Kier alpha value is -0.570. The van der Waals surface area contributed by atoms with Crippen LogP contribution >= 0.6 is 0 Å². The second-order valence-corrected chi connectivity index (χ2v) is 7.04. The summed E-state index contributed by atoms with van der Waals surface area (Å²) in [4.78, 5) is 14.4. The first kappa shape index (κ1) is 13.9. The fraction of sp³-hybridized carbons (Fsp3) is 0.933. The number of rotatable bonds is 2. The van der Waals surface area contributed by atoms with Crippen LogP contribution in [0.2, 0.25) is 0 Å². The van der Waals surface area contributed by atoms with Gasteiger partial charge in [-0.25, -0.2) is 0 Å². The average Bonchev–Trinajstić information content (AvgIpc) is 2.79. The molecule has 1 amide bonds. The Balaban J connectivity index is 1.80. The van der Waals surface area contributed by atoms with Crippen molar-refractivity contribution in [2.45, 2.75) is 58.9 Å². The SMILES string of the molecule is CC(C)(C)C1CCN(C(=O)CC2CCCCN2)C1. The largest absolute Gasteiger partial charge is 0.342 e. The van der Waals surface area contributed by atoms with Crippen LogP contribution in [0.1, 0.15) is 52.9 Å². The summed E-state index contributed by atoms with van der Waals surface area (Å²) in [5.41, 5.74) is 0.331. The third kappa shape index (κ3) is 3.47. The van der Waals surface area contributed by atoms with E-state index in [1.165, 1.54) is 25.7 Å². The molecule has 2 atom stereocenters. The molecule has 18 heavy (non-hydrogen) atoms. The van der Waals surface area contributed by atoms with Crippen LogP contribution in [-0.4, -0.2) is 36.5 Å². The lowest BCUT2D eigenvalue weighted by atomic mass is 9.80. The fourth-order valence-corrected chi connectivity index (χ4v) is 3.13. The molecule has 0 radical (unpaired) electrons. The molecule has 0 aliphatic carbocycles. The lowest BCUT2D eigenvalue weighted by molar-refractivity contribution is -0.131. The molecule has 0 spiro atoms. The van der Waals surface area contributed by atoms with Gasteiger partial charge < -0.3 is 10.2 Å². The van der Waals surface area contributed by atoms with E-state index >= 15 is 0 Å². The van der Waals surface area contributed by atoms with Crippen molar-refractivity contribution in [1.82, 2.24) is 10.2 Å². The van der Waals surface area contributed by atoms with Crippen molar-refractivity contribution in [2.24, 2.45) is 11.3 Å². The summed E-state index contributed by atoms with van der Waals surface area (Å²) in [6, 6.07) is 0.430. The highest BCUT2D eigenvalue weighted by Gasteiger charge is 2.34. The highest BCUT2D eigenvalue weighted by atomic mass is 16.2. The molecule has 2 fully saturated rings. The van der Waals surface area contributed by atoms with Gasteiger partial charge >= 0.3 is 0 Å². The van der Waals surface area contributed by atoms with E-state index in [1.54, 1.807) is 0 Å². The quantitative estimate of drug-likeness (QED) is 0.818. The van der Waals surface area contributed by atoms with E-state index in [4.69, 9.17) is 0 Å². The lowest BCUT2D eigenvalue weighted by Crippen LogP contribution is -2.40. The zero-order chi connectivity index (χ0) is 13.2. The Kier molecular flexibility index (Phi) is 4.31. The number of piperidine rings is 1. The molecular weight excluding hydrogens is 224 g/mol. The Morgan fingerprint density at radius 2 is 2.06 bits per heavy atom. The third-order valence-corrected chi connectivity index (χ3v) is 4.60. The maximum atomic E-state index is 12.3. The molecule has 1 N–H and O–H groups in total. The van der Waals surface area contributed by atoms with Gasteiger partial charge in [0.15, 0.2) is 0 Å². The number of hydrogen-bond donors (Lipinski definition) is 1. The van der Waals surface area contributed by atoms with Crippen LogP contribution in [0.15, 0.2) is 0 Å². The van der Waals surface area contributed by atoms with Crippen molar-refractivity contribution in [3.05, 3.63) is 0 Å². The van der Waals surface area contributed by atoms with Gasteiger partial charge in [-0.05, 0) is 37.1 Å². The minimum Gasteiger partial charge on any atom is -0.342 e. The molecule has 2 rings (SSSR count). The lowest BCUT2D eigenvalue weighted by Gasteiger charge is -2.28. The van der Waals surface area contributed by atoms with Crippen LogP contribution in [0.4, 0.5) is 0 Å². The van der Waals surface area contributed by atoms with Gasteiger partial charge in [0, 0.05) is 25.6 Å². The van der Waals surface area contributed by atoms with E-state index in [1.807, 2.05) is 0 Å². The van der Waals surface area contributed by atoms with E-state index in [0.29, 0.717) is 29.7 Å². The molecule has 104 valence electrons. The van der Waals surface area contributed by atoms with Crippen molar-refractivity contribution >= 4 is 5.91 Å². The summed E-state index contributed by atoms with van der Waals surface area (Å²) < 4.78 is 0. The molecule has 0 aromatic heterocycles. The van der Waals surface area contributed by atoms with E-state index in [9.17, 15) is 4.79 Å². The van der Waals surface area contributed by atoms with Crippen LogP contribution in [0.25, 0.3) is 0 Å². The van der Waals surface area contributed by atoms with Crippen molar-refractivity contribution in [3.8, 4) is 0 Å². The second kappa shape index (κ2) is 5.60. The first-order valence-corrected chi connectivity index (χ1v) is 7.48. The third-order valence-electron chi connectivity index (χ3n) is 4.60. The molecule has 0 aromatic carbocycles. The van der Waals surface area contributed by atoms with Crippen LogP contribution in [0, 0.1) is 11.3 Å². The number of carbonyl (C=O) groups excluding carboxylic acids is 1. The standard InChI is InChI=1S/C15H28N2O/c1-15(2,3)12-7-9-17(11-12)14(18)10-13-6-4-5-8-16-13/h12-13,16H,4-11H2,1-3H3. The first-order valence-electron chi connectivity index (χ1n) is 7.48. The first-order chi connectivity index (χ1) is 8.47. The summed E-state index contributed by atoms with van der Waals surface area (Å²) in [6.07, 6.45) is 5.59. The van der Waals surface area contributed by atoms with E-state index < -0.39 is 0 Å². The summed E-state index contributed by atoms with van der Waals surface area (Å²) in [5.74, 6) is 1.03. The van der Waals surface area contributed by atoms with Crippen molar-refractivity contribution < 1.29 is 4.79 Å². The second-order valence-electron chi connectivity index (χ2n) is 7.04.